The van der Waals surface area contributed by atoms with Crippen LogP contribution in [0.4, 0.5) is 4.79 Å². The Morgan fingerprint density at radius 1 is 1.00 bits per heavy atom. The Kier molecular flexibility index (Phi) is 3.89. The van der Waals surface area contributed by atoms with Gasteiger partial charge in [-0.2, -0.15) is 4.98 Å². The lowest BCUT2D eigenvalue weighted by atomic mass is 9.91. The molecule has 1 atom stereocenters. The van der Waals surface area contributed by atoms with Crippen molar-refractivity contribution in [2.75, 3.05) is 0 Å². The lowest BCUT2D eigenvalue weighted by molar-refractivity contribution is -0.123. The van der Waals surface area contributed by atoms with Crippen molar-refractivity contribution in [2.45, 2.75) is 19.4 Å². The molecular weight excluding hydrogens is 382 g/mol. The molecule has 1 aliphatic heterocycles. The highest BCUT2D eigenvalue weighted by molar-refractivity contribution is 6.07. The molecule has 4 aromatic rings. The van der Waals surface area contributed by atoms with Gasteiger partial charge < -0.3 is 9.84 Å². The average molecular weight is 399 g/mol. The topological polar surface area (TPSA) is 110 Å². The first-order chi connectivity index (χ1) is 14.4. The van der Waals surface area contributed by atoms with Crippen molar-refractivity contribution >= 4 is 22.8 Å². The number of carbonyl (C=O) groups is 2. The highest BCUT2D eigenvalue weighted by Crippen LogP contribution is 2.28. The second-order valence-electron chi connectivity index (χ2n) is 7.38. The molecule has 3 heterocycles. The van der Waals surface area contributed by atoms with Crippen LogP contribution in [0.1, 0.15) is 18.1 Å². The van der Waals surface area contributed by atoms with Gasteiger partial charge in [-0.25, -0.2) is 9.78 Å². The molecule has 5 rings (SSSR count). The average Bonchev–Trinajstić information content (AvgIpc) is 3.33. The van der Waals surface area contributed by atoms with Crippen molar-refractivity contribution in [3.8, 4) is 23.0 Å². The van der Waals surface area contributed by atoms with Gasteiger partial charge in [0.05, 0.1) is 5.52 Å². The Morgan fingerprint density at radius 3 is 2.50 bits per heavy atom. The number of nitrogens with one attached hydrogen (secondary N) is 2. The van der Waals surface area contributed by atoms with Crippen LogP contribution in [0, 0.1) is 6.92 Å². The van der Waals surface area contributed by atoms with E-state index in [1.807, 2.05) is 37.3 Å². The molecule has 0 aliphatic carbocycles. The summed E-state index contributed by atoms with van der Waals surface area (Å²) in [5, 5.41) is 10.0. The summed E-state index contributed by atoms with van der Waals surface area (Å²) in [6, 6.07) is 16.4. The van der Waals surface area contributed by atoms with E-state index >= 15 is 0 Å². The molecule has 0 radical (unpaired) electrons. The summed E-state index contributed by atoms with van der Waals surface area (Å²) >= 11 is 0. The van der Waals surface area contributed by atoms with Gasteiger partial charge in [-0.05, 0) is 37.1 Å². The predicted molar refractivity (Wildman–Crippen MR) is 109 cm³/mol. The first kappa shape index (κ1) is 18.0. The van der Waals surface area contributed by atoms with Crippen LogP contribution in [0.15, 0.2) is 59.1 Å². The van der Waals surface area contributed by atoms with E-state index in [0.717, 1.165) is 22.0 Å². The van der Waals surface area contributed by atoms with Crippen LogP contribution < -0.4 is 10.6 Å². The molecule has 30 heavy (non-hydrogen) atoms. The standard InChI is InChI=1S/C22H17N5O3/c1-12-11-17(23-16-6-4-3-5-15(12)16)19-24-18(27-30-19)13-7-9-14(10-8-13)22(2)20(28)25-21(29)26-22/h3-11H,1-2H3,(H2,25,26,28,29). The number of pyridine rings is 1. The van der Waals surface area contributed by atoms with E-state index in [1.54, 1.807) is 31.2 Å². The Balaban J connectivity index is 1.46. The van der Waals surface area contributed by atoms with Gasteiger partial charge in [-0.15, -0.1) is 0 Å². The predicted octanol–water partition coefficient (Wildman–Crippen LogP) is 3.31. The van der Waals surface area contributed by atoms with Crippen molar-refractivity contribution in [1.82, 2.24) is 25.8 Å². The summed E-state index contributed by atoms with van der Waals surface area (Å²) in [4.78, 5) is 32.7. The maximum atomic E-state index is 12.1. The number of aryl methyl sites for hydroxylation is 1. The number of carbonyl (C=O) groups excluding carboxylic acids is 2. The van der Waals surface area contributed by atoms with E-state index in [2.05, 4.69) is 25.8 Å². The van der Waals surface area contributed by atoms with E-state index in [0.29, 0.717) is 23.0 Å². The van der Waals surface area contributed by atoms with Crippen molar-refractivity contribution in [2.24, 2.45) is 0 Å². The minimum absolute atomic E-state index is 0.331. The molecule has 8 heteroatoms. The van der Waals surface area contributed by atoms with Crippen LogP contribution in [0.25, 0.3) is 33.9 Å². The molecule has 8 nitrogen and oxygen atoms in total. The van der Waals surface area contributed by atoms with Crippen molar-refractivity contribution in [3.63, 3.8) is 0 Å². The molecule has 1 fully saturated rings. The first-order valence-electron chi connectivity index (χ1n) is 9.39. The van der Waals surface area contributed by atoms with Crippen LogP contribution in [-0.4, -0.2) is 27.1 Å². The molecule has 1 unspecified atom stereocenters. The quantitative estimate of drug-likeness (QED) is 0.512. The van der Waals surface area contributed by atoms with E-state index in [-0.39, 0.29) is 5.91 Å². The van der Waals surface area contributed by atoms with E-state index in [9.17, 15) is 9.59 Å². The van der Waals surface area contributed by atoms with Crippen LogP contribution in [0.5, 0.6) is 0 Å². The van der Waals surface area contributed by atoms with Crippen LogP contribution >= 0.6 is 0 Å². The highest BCUT2D eigenvalue weighted by Gasteiger charge is 2.43. The SMILES string of the molecule is Cc1cc(-c2nc(-c3ccc(C4(C)NC(=O)NC4=O)cc3)no2)nc2ccccc12. The fourth-order valence-corrected chi connectivity index (χ4v) is 3.60. The number of aromatic nitrogens is 3. The first-order valence-corrected chi connectivity index (χ1v) is 9.39. The molecule has 3 amide bonds. The lowest BCUT2D eigenvalue weighted by Crippen LogP contribution is -2.40. The van der Waals surface area contributed by atoms with E-state index < -0.39 is 11.6 Å². The zero-order valence-electron chi connectivity index (χ0n) is 16.3. The normalized spacial score (nSPS) is 18.5. The fraction of sp³-hybridized carbons (Fsp3) is 0.136. The highest BCUT2D eigenvalue weighted by atomic mass is 16.5. The van der Waals surface area contributed by atoms with Crippen LogP contribution in [-0.2, 0) is 10.3 Å². The third-order valence-electron chi connectivity index (χ3n) is 5.33. The Morgan fingerprint density at radius 2 is 1.77 bits per heavy atom. The second-order valence-corrected chi connectivity index (χ2v) is 7.38. The number of rotatable bonds is 3. The maximum Gasteiger partial charge on any atom is 0.322 e. The summed E-state index contributed by atoms with van der Waals surface area (Å²) in [6.45, 7) is 3.67. The van der Waals surface area contributed by atoms with Gasteiger partial charge in [-0.3, -0.25) is 10.1 Å². The van der Waals surface area contributed by atoms with Crippen LogP contribution in [0.3, 0.4) is 0 Å². The van der Waals surface area contributed by atoms with Gasteiger partial charge in [0.15, 0.2) is 0 Å². The van der Waals surface area contributed by atoms with Crippen molar-refractivity contribution in [3.05, 3.63) is 65.7 Å². The summed E-state index contributed by atoms with van der Waals surface area (Å²) < 4.78 is 5.45. The monoisotopic (exact) mass is 399 g/mol. The largest absolute Gasteiger partial charge is 0.332 e. The smallest absolute Gasteiger partial charge is 0.322 e. The van der Waals surface area contributed by atoms with Gasteiger partial charge in [0.1, 0.15) is 11.2 Å². The number of benzene rings is 2. The minimum Gasteiger partial charge on any atom is -0.332 e. The third kappa shape index (κ3) is 2.81. The molecule has 0 saturated carbocycles. The third-order valence-corrected chi connectivity index (χ3v) is 5.33. The zero-order chi connectivity index (χ0) is 20.9. The molecule has 1 aliphatic rings. The number of hydrogen-bond acceptors (Lipinski definition) is 6. The second kappa shape index (κ2) is 6.48. The molecular formula is C22H17N5O3. The number of imide groups is 1. The molecule has 2 aromatic heterocycles. The Labute approximate surface area is 171 Å². The molecule has 0 bridgehead atoms. The Bertz CT molecular complexity index is 1310. The van der Waals surface area contributed by atoms with E-state index in [1.165, 1.54) is 0 Å². The van der Waals surface area contributed by atoms with Crippen LogP contribution in [0.2, 0.25) is 0 Å². The van der Waals surface area contributed by atoms with Crippen molar-refractivity contribution in [1.29, 1.82) is 0 Å². The summed E-state index contributed by atoms with van der Waals surface area (Å²) in [6.07, 6.45) is 0. The minimum atomic E-state index is -1.11. The molecule has 148 valence electrons. The molecule has 1 saturated heterocycles. The summed E-state index contributed by atoms with van der Waals surface area (Å²) in [5.41, 5.74) is 2.82. The van der Waals surface area contributed by atoms with Crippen molar-refractivity contribution < 1.29 is 14.1 Å². The lowest BCUT2D eigenvalue weighted by Gasteiger charge is -2.20. The van der Waals surface area contributed by atoms with Gasteiger partial charge in [-0.1, -0.05) is 47.6 Å². The molecule has 2 aromatic carbocycles. The zero-order valence-corrected chi connectivity index (χ0v) is 16.3. The summed E-state index contributed by atoms with van der Waals surface area (Å²) in [7, 11) is 0. The van der Waals surface area contributed by atoms with Gasteiger partial charge >= 0.3 is 6.03 Å². The molecule has 2 N–H and O–H groups in total. The van der Waals surface area contributed by atoms with E-state index in [4.69, 9.17) is 4.52 Å². The fourth-order valence-electron chi connectivity index (χ4n) is 3.60. The summed E-state index contributed by atoms with van der Waals surface area (Å²) in [5.74, 6) is 0.353. The van der Waals surface area contributed by atoms with Gasteiger partial charge in [0.2, 0.25) is 5.82 Å². The molecule has 0 spiro atoms. The number of para-hydroxylation sites is 1. The number of urea groups is 1. The van der Waals surface area contributed by atoms with Gasteiger partial charge in [0, 0.05) is 10.9 Å². The Hall–Kier alpha value is -4.07. The number of amides is 3. The maximum absolute atomic E-state index is 12.1. The number of fused-ring (bicyclic) bond motifs is 1. The number of nitrogens with zero attached hydrogens (tertiary/aromatic N) is 3. The number of hydrogen-bond donors (Lipinski definition) is 2. The van der Waals surface area contributed by atoms with Gasteiger partial charge in [0.25, 0.3) is 11.8 Å².